The first-order chi connectivity index (χ1) is 10.8. The van der Waals surface area contributed by atoms with Gasteiger partial charge < -0.3 is 15.2 Å². The number of rotatable bonds is 4. The van der Waals surface area contributed by atoms with Crippen molar-refractivity contribution in [3.63, 3.8) is 0 Å². The fraction of sp³-hybridized carbons (Fsp3) is 0.0714. The number of phenolic OH excluding ortho intramolecular Hbond substituents is 1. The number of ether oxygens (including phenoxy) is 1. The van der Waals surface area contributed by atoms with E-state index >= 15 is 0 Å². The Bertz CT molecular complexity index is 730. The Morgan fingerprint density at radius 1 is 1.17 bits per heavy atom. The molecule has 0 unspecified atom stereocenters. The molecular formula is C14H8Cl3F2NO3. The fourth-order valence-corrected chi connectivity index (χ4v) is 2.43. The Labute approximate surface area is 144 Å². The van der Waals surface area contributed by atoms with Gasteiger partial charge in [0.2, 0.25) is 0 Å². The third-order valence-electron chi connectivity index (χ3n) is 2.69. The number of amides is 1. The van der Waals surface area contributed by atoms with Crippen LogP contribution in [0.1, 0.15) is 10.4 Å². The van der Waals surface area contributed by atoms with Crippen molar-refractivity contribution in [2.24, 2.45) is 0 Å². The summed E-state index contributed by atoms with van der Waals surface area (Å²) in [5.74, 6) is -1.50. The van der Waals surface area contributed by atoms with Gasteiger partial charge >= 0.3 is 6.61 Å². The zero-order chi connectivity index (χ0) is 17.1. The summed E-state index contributed by atoms with van der Waals surface area (Å²) >= 11 is 17.5. The van der Waals surface area contributed by atoms with Crippen LogP contribution in [-0.4, -0.2) is 17.6 Å². The van der Waals surface area contributed by atoms with Crippen molar-refractivity contribution in [3.8, 4) is 11.5 Å². The van der Waals surface area contributed by atoms with Crippen LogP contribution in [-0.2, 0) is 0 Å². The Hall–Kier alpha value is -1.76. The third-order valence-corrected chi connectivity index (χ3v) is 3.77. The molecule has 0 saturated heterocycles. The van der Waals surface area contributed by atoms with Gasteiger partial charge in [0, 0.05) is 11.8 Å². The van der Waals surface area contributed by atoms with Crippen molar-refractivity contribution in [2.75, 3.05) is 5.32 Å². The number of carbonyl (C=O) groups is 1. The SMILES string of the molecule is O=C(Nc1cccc(OC(F)F)c1)c1c(O)c(Cl)cc(Cl)c1Cl. The number of aromatic hydroxyl groups is 1. The molecule has 0 bridgehead atoms. The molecule has 2 rings (SSSR count). The average molecular weight is 383 g/mol. The predicted molar refractivity (Wildman–Crippen MR) is 84.2 cm³/mol. The zero-order valence-electron chi connectivity index (χ0n) is 11.1. The molecule has 2 N–H and O–H groups in total. The monoisotopic (exact) mass is 381 g/mol. The van der Waals surface area contributed by atoms with E-state index in [1.807, 2.05) is 0 Å². The maximum absolute atomic E-state index is 12.2. The van der Waals surface area contributed by atoms with Gasteiger partial charge in [-0.15, -0.1) is 0 Å². The minimum Gasteiger partial charge on any atom is -0.505 e. The van der Waals surface area contributed by atoms with Crippen LogP contribution in [0.15, 0.2) is 30.3 Å². The second-order valence-electron chi connectivity index (χ2n) is 4.24. The molecule has 0 radical (unpaired) electrons. The maximum atomic E-state index is 12.2. The first-order valence-electron chi connectivity index (χ1n) is 6.02. The summed E-state index contributed by atoms with van der Waals surface area (Å²) in [4.78, 5) is 12.2. The van der Waals surface area contributed by atoms with Gasteiger partial charge in [0.15, 0.2) is 0 Å². The fourth-order valence-electron chi connectivity index (χ4n) is 1.74. The van der Waals surface area contributed by atoms with E-state index in [-0.39, 0.29) is 32.1 Å². The number of benzene rings is 2. The van der Waals surface area contributed by atoms with Gasteiger partial charge in [-0.05, 0) is 18.2 Å². The quantitative estimate of drug-likeness (QED) is 0.714. The minimum absolute atomic E-state index is 0.0191. The Kier molecular flexibility index (Phi) is 5.51. The smallest absolute Gasteiger partial charge is 0.387 e. The first kappa shape index (κ1) is 17.6. The Morgan fingerprint density at radius 2 is 1.87 bits per heavy atom. The van der Waals surface area contributed by atoms with Crippen LogP contribution in [0.5, 0.6) is 11.5 Å². The normalized spacial score (nSPS) is 10.7. The van der Waals surface area contributed by atoms with Crippen molar-refractivity contribution in [1.29, 1.82) is 0 Å². The molecule has 0 aliphatic rings. The number of anilines is 1. The molecule has 0 aliphatic carbocycles. The van der Waals surface area contributed by atoms with Crippen molar-refractivity contribution < 1.29 is 23.4 Å². The van der Waals surface area contributed by atoms with Gasteiger partial charge in [-0.25, -0.2) is 0 Å². The number of hydrogen-bond acceptors (Lipinski definition) is 3. The van der Waals surface area contributed by atoms with Crippen molar-refractivity contribution in [1.82, 2.24) is 0 Å². The van der Waals surface area contributed by atoms with Crippen LogP contribution in [0.3, 0.4) is 0 Å². The summed E-state index contributed by atoms with van der Waals surface area (Å²) in [6, 6.07) is 6.51. The van der Waals surface area contributed by atoms with Crippen molar-refractivity contribution in [2.45, 2.75) is 6.61 Å². The number of nitrogens with one attached hydrogen (secondary N) is 1. The van der Waals surface area contributed by atoms with Crippen LogP contribution >= 0.6 is 34.8 Å². The molecular weight excluding hydrogens is 375 g/mol. The molecule has 0 aromatic heterocycles. The molecule has 9 heteroatoms. The second kappa shape index (κ2) is 7.21. The molecule has 0 fully saturated rings. The van der Waals surface area contributed by atoms with E-state index in [1.54, 1.807) is 0 Å². The highest BCUT2D eigenvalue weighted by atomic mass is 35.5. The zero-order valence-corrected chi connectivity index (χ0v) is 13.4. The minimum atomic E-state index is -2.99. The summed E-state index contributed by atoms with van der Waals surface area (Å²) in [5, 5.41) is 11.9. The average Bonchev–Trinajstić information content (AvgIpc) is 2.45. The second-order valence-corrected chi connectivity index (χ2v) is 5.43. The Balaban J connectivity index is 2.30. The Morgan fingerprint density at radius 3 is 2.52 bits per heavy atom. The highest BCUT2D eigenvalue weighted by Gasteiger charge is 2.21. The number of halogens is 5. The number of phenols is 1. The van der Waals surface area contributed by atoms with Crippen molar-refractivity contribution in [3.05, 3.63) is 51.0 Å². The molecule has 0 aliphatic heterocycles. The summed E-state index contributed by atoms with van der Waals surface area (Å²) < 4.78 is 28.6. The number of alkyl halides is 2. The molecule has 1 amide bonds. The number of hydrogen-bond donors (Lipinski definition) is 2. The van der Waals surface area contributed by atoms with E-state index in [2.05, 4.69) is 10.1 Å². The van der Waals surface area contributed by atoms with Gasteiger partial charge in [-0.2, -0.15) is 8.78 Å². The first-order valence-corrected chi connectivity index (χ1v) is 7.15. The van der Waals surface area contributed by atoms with Crippen LogP contribution < -0.4 is 10.1 Å². The molecule has 0 atom stereocenters. The summed E-state index contributed by atoms with van der Waals surface area (Å²) in [6.07, 6.45) is 0. The molecule has 2 aromatic rings. The maximum Gasteiger partial charge on any atom is 0.387 e. The number of carbonyl (C=O) groups excluding carboxylic acids is 1. The molecule has 2 aromatic carbocycles. The molecule has 0 saturated carbocycles. The van der Waals surface area contributed by atoms with Crippen LogP contribution in [0.4, 0.5) is 14.5 Å². The summed E-state index contributed by atoms with van der Waals surface area (Å²) in [6.45, 7) is -2.99. The van der Waals surface area contributed by atoms with Gasteiger partial charge in [-0.1, -0.05) is 40.9 Å². The topological polar surface area (TPSA) is 58.6 Å². The van der Waals surface area contributed by atoms with E-state index in [9.17, 15) is 18.7 Å². The van der Waals surface area contributed by atoms with Crippen LogP contribution in [0, 0.1) is 0 Å². The van der Waals surface area contributed by atoms with Gasteiger partial charge in [-0.3, -0.25) is 4.79 Å². The lowest BCUT2D eigenvalue weighted by Crippen LogP contribution is -2.13. The standard InChI is InChI=1S/C14H8Cl3F2NO3/c15-8-5-9(16)12(21)10(11(8)17)13(22)20-6-2-1-3-7(4-6)23-14(18)19/h1-5,14,21H,(H,20,22). The molecule has 0 heterocycles. The predicted octanol–water partition coefficient (Wildman–Crippen LogP) is 5.21. The van der Waals surface area contributed by atoms with Crippen LogP contribution in [0.2, 0.25) is 15.1 Å². The lowest BCUT2D eigenvalue weighted by Gasteiger charge is -2.12. The van der Waals surface area contributed by atoms with E-state index in [4.69, 9.17) is 34.8 Å². The van der Waals surface area contributed by atoms with Gasteiger partial charge in [0.05, 0.1) is 15.1 Å². The molecule has 122 valence electrons. The highest BCUT2D eigenvalue weighted by Crippen LogP contribution is 2.38. The largest absolute Gasteiger partial charge is 0.505 e. The summed E-state index contributed by atoms with van der Waals surface area (Å²) in [5.41, 5.74) is -0.177. The highest BCUT2D eigenvalue weighted by molar-refractivity contribution is 6.46. The van der Waals surface area contributed by atoms with Crippen molar-refractivity contribution >= 4 is 46.4 Å². The van der Waals surface area contributed by atoms with Gasteiger partial charge in [0.1, 0.15) is 17.1 Å². The van der Waals surface area contributed by atoms with Crippen LogP contribution in [0.25, 0.3) is 0 Å². The van der Waals surface area contributed by atoms with E-state index in [0.29, 0.717) is 0 Å². The third kappa shape index (κ3) is 4.16. The summed E-state index contributed by atoms with van der Waals surface area (Å²) in [7, 11) is 0. The molecule has 23 heavy (non-hydrogen) atoms. The van der Waals surface area contributed by atoms with E-state index < -0.39 is 18.3 Å². The lowest BCUT2D eigenvalue weighted by atomic mass is 10.1. The molecule has 0 spiro atoms. The van der Waals surface area contributed by atoms with Gasteiger partial charge in [0.25, 0.3) is 5.91 Å². The molecule has 4 nitrogen and oxygen atoms in total. The van der Waals surface area contributed by atoms with E-state index in [0.717, 1.165) is 0 Å². The lowest BCUT2D eigenvalue weighted by molar-refractivity contribution is -0.0497. The van der Waals surface area contributed by atoms with E-state index in [1.165, 1.54) is 30.3 Å².